The lowest BCUT2D eigenvalue weighted by atomic mass is 9.75. The van der Waals surface area contributed by atoms with Crippen LogP contribution in [-0.2, 0) is 4.79 Å². The molecule has 0 heterocycles. The third kappa shape index (κ3) is 1.62. The summed E-state index contributed by atoms with van der Waals surface area (Å²) < 4.78 is 0. The maximum Gasteiger partial charge on any atom is 0.313 e. The van der Waals surface area contributed by atoms with Crippen LogP contribution in [0.1, 0.15) is 40.0 Å². The van der Waals surface area contributed by atoms with Gasteiger partial charge in [0.1, 0.15) is 0 Å². The standard InChI is InChI=1S/C11H18O2/c1-4-5-6-11(3,9(12)13)10(2)7-8-10/h5-6H,4,7-8H2,1-3H3,(H,12,13)/b6-5-. The maximum absolute atomic E-state index is 11.2. The van der Waals surface area contributed by atoms with Gasteiger partial charge in [-0.25, -0.2) is 0 Å². The molecule has 0 aliphatic heterocycles. The molecule has 0 spiro atoms. The molecule has 1 saturated carbocycles. The molecule has 13 heavy (non-hydrogen) atoms. The predicted octanol–water partition coefficient (Wildman–Crippen LogP) is 2.84. The number of rotatable bonds is 4. The van der Waals surface area contributed by atoms with Crippen LogP contribution in [0.3, 0.4) is 0 Å². The summed E-state index contributed by atoms with van der Waals surface area (Å²) in [5, 5.41) is 9.18. The van der Waals surface area contributed by atoms with E-state index in [1.54, 1.807) is 0 Å². The lowest BCUT2D eigenvalue weighted by Crippen LogP contribution is -2.33. The fourth-order valence-corrected chi connectivity index (χ4v) is 1.59. The normalized spacial score (nSPS) is 24.2. The van der Waals surface area contributed by atoms with Crippen LogP contribution in [0, 0.1) is 10.8 Å². The van der Waals surface area contributed by atoms with Crippen LogP contribution in [0.5, 0.6) is 0 Å². The van der Waals surface area contributed by atoms with E-state index in [0.717, 1.165) is 19.3 Å². The van der Waals surface area contributed by atoms with Gasteiger partial charge in [0.15, 0.2) is 0 Å². The lowest BCUT2D eigenvalue weighted by molar-refractivity contribution is -0.148. The quantitative estimate of drug-likeness (QED) is 0.679. The molecular weight excluding hydrogens is 164 g/mol. The highest BCUT2D eigenvalue weighted by molar-refractivity contribution is 5.78. The number of hydrogen-bond acceptors (Lipinski definition) is 1. The van der Waals surface area contributed by atoms with Crippen molar-refractivity contribution in [1.29, 1.82) is 0 Å². The number of carboxylic acid groups (broad SMARTS) is 1. The summed E-state index contributed by atoms with van der Waals surface area (Å²) in [7, 11) is 0. The largest absolute Gasteiger partial charge is 0.481 e. The van der Waals surface area contributed by atoms with Crippen LogP contribution in [0.15, 0.2) is 12.2 Å². The first-order valence-electron chi connectivity index (χ1n) is 4.87. The summed E-state index contributed by atoms with van der Waals surface area (Å²) in [6, 6.07) is 0. The Hall–Kier alpha value is -0.790. The molecule has 1 unspecified atom stereocenters. The number of carbonyl (C=O) groups is 1. The van der Waals surface area contributed by atoms with E-state index in [2.05, 4.69) is 6.92 Å². The summed E-state index contributed by atoms with van der Waals surface area (Å²) in [5.41, 5.74) is -0.673. The minimum absolute atomic E-state index is 0.00942. The van der Waals surface area contributed by atoms with Gasteiger partial charge in [-0.3, -0.25) is 4.79 Å². The number of allylic oxidation sites excluding steroid dienone is 1. The highest BCUT2D eigenvalue weighted by Crippen LogP contribution is 2.59. The van der Waals surface area contributed by atoms with E-state index in [4.69, 9.17) is 0 Å². The molecule has 0 bridgehead atoms. The first-order valence-corrected chi connectivity index (χ1v) is 4.87. The first kappa shape index (κ1) is 10.3. The van der Waals surface area contributed by atoms with Crippen molar-refractivity contribution in [1.82, 2.24) is 0 Å². The van der Waals surface area contributed by atoms with Crippen molar-refractivity contribution in [2.24, 2.45) is 10.8 Å². The second kappa shape index (κ2) is 3.17. The van der Waals surface area contributed by atoms with Crippen LogP contribution in [0.4, 0.5) is 0 Å². The average molecular weight is 182 g/mol. The zero-order chi connectivity index (χ0) is 10.1. The molecule has 0 amide bonds. The summed E-state index contributed by atoms with van der Waals surface area (Å²) in [6.45, 7) is 5.91. The minimum Gasteiger partial charge on any atom is -0.481 e. The molecule has 0 radical (unpaired) electrons. The Labute approximate surface area is 79.6 Å². The molecule has 0 aromatic rings. The van der Waals surface area contributed by atoms with E-state index in [0.29, 0.717) is 0 Å². The molecule has 1 fully saturated rings. The third-order valence-electron chi connectivity index (χ3n) is 3.38. The highest BCUT2D eigenvalue weighted by atomic mass is 16.4. The van der Waals surface area contributed by atoms with E-state index in [9.17, 15) is 9.90 Å². The van der Waals surface area contributed by atoms with Gasteiger partial charge in [-0.2, -0.15) is 0 Å². The molecule has 1 aliphatic carbocycles. The first-order chi connectivity index (χ1) is 5.96. The Morgan fingerprint density at radius 2 is 2.15 bits per heavy atom. The van der Waals surface area contributed by atoms with E-state index in [1.165, 1.54) is 0 Å². The second-order valence-corrected chi connectivity index (χ2v) is 4.38. The minimum atomic E-state index is -0.697. The Balaban J connectivity index is 2.88. The summed E-state index contributed by atoms with van der Waals surface area (Å²) >= 11 is 0. The van der Waals surface area contributed by atoms with E-state index in [1.807, 2.05) is 26.0 Å². The fourth-order valence-electron chi connectivity index (χ4n) is 1.59. The van der Waals surface area contributed by atoms with Crippen LogP contribution < -0.4 is 0 Å². The Morgan fingerprint density at radius 3 is 2.46 bits per heavy atom. The van der Waals surface area contributed by atoms with Crippen molar-refractivity contribution in [2.75, 3.05) is 0 Å². The summed E-state index contributed by atoms with van der Waals surface area (Å²) in [5.74, 6) is -0.697. The van der Waals surface area contributed by atoms with Crippen molar-refractivity contribution in [3.63, 3.8) is 0 Å². The predicted molar refractivity (Wildman–Crippen MR) is 52.5 cm³/mol. The highest BCUT2D eigenvalue weighted by Gasteiger charge is 2.55. The van der Waals surface area contributed by atoms with Gasteiger partial charge in [0.2, 0.25) is 0 Å². The lowest BCUT2D eigenvalue weighted by Gasteiger charge is -2.28. The van der Waals surface area contributed by atoms with Crippen LogP contribution in [0.2, 0.25) is 0 Å². The fraction of sp³-hybridized carbons (Fsp3) is 0.727. The molecule has 1 aliphatic rings. The van der Waals surface area contributed by atoms with Crippen molar-refractivity contribution in [2.45, 2.75) is 40.0 Å². The van der Waals surface area contributed by atoms with Crippen LogP contribution in [0.25, 0.3) is 0 Å². The smallest absolute Gasteiger partial charge is 0.313 e. The van der Waals surface area contributed by atoms with E-state index in [-0.39, 0.29) is 5.41 Å². The Bertz CT molecular complexity index is 238. The van der Waals surface area contributed by atoms with E-state index < -0.39 is 11.4 Å². The maximum atomic E-state index is 11.2. The number of carboxylic acids is 1. The Morgan fingerprint density at radius 1 is 1.62 bits per heavy atom. The molecule has 2 heteroatoms. The number of aliphatic carboxylic acids is 1. The zero-order valence-corrected chi connectivity index (χ0v) is 8.63. The summed E-state index contributed by atoms with van der Waals surface area (Å²) in [4.78, 5) is 11.2. The van der Waals surface area contributed by atoms with Crippen molar-refractivity contribution < 1.29 is 9.90 Å². The molecule has 0 aromatic carbocycles. The SMILES string of the molecule is CC/C=C\C(C)(C(=O)O)C1(C)CC1. The van der Waals surface area contributed by atoms with Gasteiger partial charge in [0.05, 0.1) is 5.41 Å². The molecule has 1 N–H and O–H groups in total. The van der Waals surface area contributed by atoms with Crippen LogP contribution >= 0.6 is 0 Å². The number of hydrogen-bond donors (Lipinski definition) is 1. The Kier molecular flexibility index (Phi) is 2.51. The molecular formula is C11H18O2. The van der Waals surface area contributed by atoms with Crippen molar-refractivity contribution in [3.8, 4) is 0 Å². The third-order valence-corrected chi connectivity index (χ3v) is 3.38. The second-order valence-electron chi connectivity index (χ2n) is 4.38. The molecule has 74 valence electrons. The zero-order valence-electron chi connectivity index (χ0n) is 8.63. The molecule has 2 nitrogen and oxygen atoms in total. The van der Waals surface area contributed by atoms with Gasteiger partial charge in [0, 0.05) is 0 Å². The molecule has 1 atom stereocenters. The van der Waals surface area contributed by atoms with Crippen molar-refractivity contribution in [3.05, 3.63) is 12.2 Å². The monoisotopic (exact) mass is 182 g/mol. The van der Waals surface area contributed by atoms with Crippen molar-refractivity contribution >= 4 is 5.97 Å². The molecule has 0 aromatic heterocycles. The average Bonchev–Trinajstić information content (AvgIpc) is 2.80. The van der Waals surface area contributed by atoms with Gasteiger partial charge in [-0.05, 0) is 31.6 Å². The topological polar surface area (TPSA) is 37.3 Å². The van der Waals surface area contributed by atoms with Crippen LogP contribution in [-0.4, -0.2) is 11.1 Å². The van der Waals surface area contributed by atoms with E-state index >= 15 is 0 Å². The van der Waals surface area contributed by atoms with Gasteiger partial charge < -0.3 is 5.11 Å². The summed E-state index contributed by atoms with van der Waals surface area (Å²) in [6.07, 6.45) is 6.78. The van der Waals surface area contributed by atoms with Gasteiger partial charge in [-0.15, -0.1) is 0 Å². The molecule has 1 rings (SSSR count). The van der Waals surface area contributed by atoms with Gasteiger partial charge in [0.25, 0.3) is 0 Å². The van der Waals surface area contributed by atoms with Gasteiger partial charge >= 0.3 is 5.97 Å². The van der Waals surface area contributed by atoms with Gasteiger partial charge in [-0.1, -0.05) is 26.0 Å². The molecule has 0 saturated heterocycles.